The minimum Gasteiger partial charge on any atom is -0.486 e. The maximum atomic E-state index is 6.50. The van der Waals surface area contributed by atoms with E-state index in [2.05, 4.69) is 67.8 Å². The molecule has 3 nitrogen and oxygen atoms in total. The van der Waals surface area contributed by atoms with Crippen molar-refractivity contribution in [1.29, 1.82) is 0 Å². The fraction of sp³-hybridized carbons (Fsp3) is 0.586. The molecule has 0 saturated heterocycles. The third-order valence-corrected chi connectivity index (χ3v) is 7.44. The first-order valence-electron chi connectivity index (χ1n) is 12.9. The molecule has 0 aromatic heterocycles. The normalized spacial score (nSPS) is 22.8. The van der Waals surface area contributed by atoms with Crippen molar-refractivity contribution in [2.24, 2.45) is 11.8 Å². The lowest BCUT2D eigenvalue weighted by Crippen LogP contribution is -2.41. The van der Waals surface area contributed by atoms with Gasteiger partial charge in [0.1, 0.15) is 11.4 Å². The van der Waals surface area contributed by atoms with Crippen molar-refractivity contribution in [2.75, 3.05) is 19.6 Å². The van der Waals surface area contributed by atoms with Crippen LogP contribution in [0.5, 0.6) is 0 Å². The molecule has 0 spiro atoms. The summed E-state index contributed by atoms with van der Waals surface area (Å²) in [6.45, 7) is 10.7. The zero-order chi connectivity index (χ0) is 23.5. The predicted molar refractivity (Wildman–Crippen MR) is 141 cm³/mol. The molecule has 1 atom stereocenters. The molecule has 1 fully saturated rings. The molecule has 1 aromatic carbocycles. The number of allylic oxidation sites excluding steroid dienone is 4. The Balaban J connectivity index is 1.41. The van der Waals surface area contributed by atoms with Crippen molar-refractivity contribution in [3.63, 3.8) is 0 Å². The highest BCUT2D eigenvalue weighted by Gasteiger charge is 2.25. The second-order valence-electron chi connectivity index (χ2n) is 10.2. The van der Waals surface area contributed by atoms with Crippen molar-refractivity contribution in [2.45, 2.75) is 77.9 Å². The van der Waals surface area contributed by atoms with Gasteiger partial charge in [-0.3, -0.25) is 0 Å². The van der Waals surface area contributed by atoms with E-state index >= 15 is 0 Å². The van der Waals surface area contributed by atoms with Crippen molar-refractivity contribution in [1.82, 2.24) is 10.6 Å². The Morgan fingerprint density at radius 3 is 2.55 bits per heavy atom. The zero-order valence-electron chi connectivity index (χ0n) is 20.8. The third kappa shape index (κ3) is 9.31. The lowest BCUT2D eigenvalue weighted by molar-refractivity contribution is 0.0207. The van der Waals surface area contributed by atoms with E-state index in [9.17, 15) is 0 Å². The van der Waals surface area contributed by atoms with Crippen LogP contribution in [0.3, 0.4) is 0 Å². The van der Waals surface area contributed by atoms with Gasteiger partial charge in [-0.2, -0.15) is 0 Å². The van der Waals surface area contributed by atoms with Crippen LogP contribution >= 0.6 is 11.6 Å². The highest BCUT2D eigenvalue weighted by atomic mass is 35.5. The van der Waals surface area contributed by atoms with E-state index in [-0.39, 0.29) is 5.60 Å². The van der Waals surface area contributed by atoms with Crippen LogP contribution in [0, 0.1) is 11.8 Å². The largest absolute Gasteiger partial charge is 0.486 e. The molecule has 1 aromatic rings. The van der Waals surface area contributed by atoms with E-state index < -0.39 is 0 Å². The molecule has 182 valence electrons. The molecule has 4 heteroatoms. The van der Waals surface area contributed by atoms with Crippen molar-refractivity contribution in [3.05, 3.63) is 70.5 Å². The first kappa shape index (κ1) is 26.1. The van der Waals surface area contributed by atoms with Gasteiger partial charge in [0.25, 0.3) is 0 Å². The van der Waals surface area contributed by atoms with Crippen LogP contribution in [-0.4, -0.2) is 25.2 Å². The van der Waals surface area contributed by atoms with Gasteiger partial charge in [-0.15, -0.1) is 0 Å². The van der Waals surface area contributed by atoms with Gasteiger partial charge >= 0.3 is 0 Å². The Morgan fingerprint density at radius 1 is 1.06 bits per heavy atom. The van der Waals surface area contributed by atoms with Crippen LogP contribution in [-0.2, 0) is 11.3 Å². The van der Waals surface area contributed by atoms with Crippen LogP contribution in [0.25, 0.3) is 0 Å². The summed E-state index contributed by atoms with van der Waals surface area (Å²) in [5, 5.41) is 8.04. The molecule has 0 bridgehead atoms. The average Bonchev–Trinajstić information content (AvgIpc) is 3.04. The molecule has 0 aliphatic heterocycles. The summed E-state index contributed by atoms with van der Waals surface area (Å²) in [6, 6.07) is 8.04. The monoisotopic (exact) mass is 470 g/mol. The molecule has 2 aliphatic carbocycles. The molecule has 1 saturated carbocycles. The summed E-state index contributed by atoms with van der Waals surface area (Å²) in [7, 11) is 0. The van der Waals surface area contributed by atoms with Crippen LogP contribution in [0.4, 0.5) is 0 Å². The topological polar surface area (TPSA) is 33.3 Å². The van der Waals surface area contributed by atoms with Crippen molar-refractivity contribution >= 4 is 11.6 Å². The minimum atomic E-state index is -0.184. The van der Waals surface area contributed by atoms with E-state index in [1.807, 2.05) is 12.1 Å². The maximum absolute atomic E-state index is 6.50. The Morgan fingerprint density at radius 2 is 1.82 bits per heavy atom. The summed E-state index contributed by atoms with van der Waals surface area (Å²) in [4.78, 5) is 0. The first-order valence-corrected chi connectivity index (χ1v) is 13.2. The molecule has 0 radical (unpaired) electrons. The summed E-state index contributed by atoms with van der Waals surface area (Å²) in [6.07, 6.45) is 17.3. The van der Waals surface area contributed by atoms with Crippen LogP contribution in [0.2, 0.25) is 5.02 Å². The number of benzene rings is 1. The fourth-order valence-corrected chi connectivity index (χ4v) is 4.71. The van der Waals surface area contributed by atoms with Crippen LogP contribution in [0.15, 0.2) is 59.9 Å². The van der Waals surface area contributed by atoms with Gasteiger partial charge < -0.3 is 15.4 Å². The number of ether oxygens (including phenoxy) is 1. The summed E-state index contributed by atoms with van der Waals surface area (Å²) >= 11 is 5.96. The van der Waals surface area contributed by atoms with Gasteiger partial charge in [0.15, 0.2) is 0 Å². The Bertz CT molecular complexity index is 805. The molecule has 2 N–H and O–H groups in total. The van der Waals surface area contributed by atoms with Gasteiger partial charge in [0.2, 0.25) is 0 Å². The molecular formula is C29H43ClN2O. The summed E-state index contributed by atoms with van der Waals surface area (Å²) in [5.74, 6) is 2.71. The fourth-order valence-electron chi connectivity index (χ4n) is 4.58. The lowest BCUT2D eigenvalue weighted by atomic mass is 9.83. The smallest absolute Gasteiger partial charge is 0.119 e. The number of rotatable bonds is 12. The molecule has 33 heavy (non-hydrogen) atoms. The van der Waals surface area contributed by atoms with Crippen molar-refractivity contribution in [3.8, 4) is 0 Å². The lowest BCUT2D eigenvalue weighted by Gasteiger charge is -2.32. The van der Waals surface area contributed by atoms with Crippen LogP contribution in [0.1, 0.15) is 71.3 Å². The highest BCUT2D eigenvalue weighted by Crippen LogP contribution is 2.28. The van der Waals surface area contributed by atoms with E-state index in [0.717, 1.165) is 68.1 Å². The predicted octanol–water partition coefficient (Wildman–Crippen LogP) is 7.19. The average molecular weight is 471 g/mol. The first-order chi connectivity index (χ1) is 16.0. The summed E-state index contributed by atoms with van der Waals surface area (Å²) < 4.78 is 6.50. The van der Waals surface area contributed by atoms with Gasteiger partial charge in [0, 0.05) is 18.1 Å². The van der Waals surface area contributed by atoms with E-state index in [4.69, 9.17) is 16.3 Å². The standard InChI is InChI=1S/C29H43ClN2O/c1-4-29(3,22-32-21-25-10-8-23(2)9-11-25)33-28-7-5-6-24(14-17-28)18-19-31-20-26-12-15-27(30)16-13-26/h5,7,12-17,23,25,31-32H,4,6,8-11,18-22H2,1-3H3. The number of hydrogen-bond acceptors (Lipinski definition) is 3. The number of halogens is 1. The van der Waals surface area contributed by atoms with E-state index in [0.29, 0.717) is 0 Å². The van der Waals surface area contributed by atoms with Gasteiger partial charge in [-0.1, -0.05) is 68.1 Å². The SMILES string of the molecule is CCC(C)(CNCC1CCC(C)CC1)OC1=CC=C(CCNCc2ccc(Cl)cc2)CC=C1. The second kappa shape index (κ2) is 13.4. The molecule has 2 aliphatic rings. The molecule has 0 heterocycles. The Kier molecular flexibility index (Phi) is 10.6. The summed E-state index contributed by atoms with van der Waals surface area (Å²) in [5.41, 5.74) is 2.50. The maximum Gasteiger partial charge on any atom is 0.119 e. The van der Waals surface area contributed by atoms with Crippen LogP contribution < -0.4 is 10.6 Å². The zero-order valence-corrected chi connectivity index (χ0v) is 21.6. The Hall–Kier alpha value is -1.55. The quantitative estimate of drug-likeness (QED) is 0.317. The molecule has 1 unspecified atom stereocenters. The van der Waals surface area contributed by atoms with E-state index in [1.165, 1.54) is 36.8 Å². The number of hydrogen-bond donors (Lipinski definition) is 2. The number of nitrogens with one attached hydrogen (secondary N) is 2. The molecular weight excluding hydrogens is 428 g/mol. The van der Waals surface area contributed by atoms with Gasteiger partial charge in [-0.25, -0.2) is 0 Å². The van der Waals surface area contributed by atoms with Crippen molar-refractivity contribution < 1.29 is 4.74 Å². The highest BCUT2D eigenvalue weighted by molar-refractivity contribution is 6.30. The minimum absolute atomic E-state index is 0.184. The Labute approximate surface area is 206 Å². The third-order valence-electron chi connectivity index (χ3n) is 7.19. The van der Waals surface area contributed by atoms with Gasteiger partial charge in [0.05, 0.1) is 0 Å². The molecule has 3 rings (SSSR count). The van der Waals surface area contributed by atoms with Gasteiger partial charge in [-0.05, 0) is 93.8 Å². The van der Waals surface area contributed by atoms with E-state index in [1.54, 1.807) is 0 Å². The molecule has 0 amide bonds. The second-order valence-corrected chi connectivity index (χ2v) is 10.7.